The lowest BCUT2D eigenvalue weighted by molar-refractivity contribution is 0.0699. The predicted octanol–water partition coefficient (Wildman–Crippen LogP) is 5.51. The number of aromatic carboxylic acids is 1. The molecule has 170 valence electrons. The van der Waals surface area contributed by atoms with Crippen molar-refractivity contribution in [1.29, 1.82) is 0 Å². The number of carbonyl (C=O) groups is 1. The van der Waals surface area contributed by atoms with Gasteiger partial charge in [-0.15, -0.1) is 11.3 Å². The van der Waals surface area contributed by atoms with E-state index < -0.39 is 5.97 Å². The van der Waals surface area contributed by atoms with Crippen LogP contribution < -0.4 is 10.3 Å². The first-order valence-electron chi connectivity index (χ1n) is 10.7. The van der Waals surface area contributed by atoms with Crippen LogP contribution in [0.1, 0.15) is 42.3 Å². The van der Waals surface area contributed by atoms with E-state index in [1.807, 2.05) is 55.5 Å². The van der Waals surface area contributed by atoms with E-state index in [9.17, 15) is 14.7 Å². The molecule has 33 heavy (non-hydrogen) atoms. The summed E-state index contributed by atoms with van der Waals surface area (Å²) in [6.45, 7) is 8.92. The van der Waals surface area contributed by atoms with Gasteiger partial charge in [-0.1, -0.05) is 56.7 Å². The Labute approximate surface area is 196 Å². The highest BCUT2D eigenvalue weighted by Crippen LogP contribution is 2.27. The van der Waals surface area contributed by atoms with E-state index in [0.717, 1.165) is 11.1 Å². The molecule has 0 bridgehead atoms. The summed E-state index contributed by atoms with van der Waals surface area (Å²) >= 11 is 1.17. The fourth-order valence-electron chi connectivity index (χ4n) is 3.70. The largest absolute Gasteiger partial charge is 0.492 e. The van der Waals surface area contributed by atoms with Crippen LogP contribution in [0.15, 0.2) is 58.7 Å². The second-order valence-electron chi connectivity index (χ2n) is 9.02. The monoisotopic (exact) mass is 462 g/mol. The first kappa shape index (κ1) is 22.7. The zero-order valence-corrected chi connectivity index (χ0v) is 19.9. The number of hydrogen-bond acceptors (Lipinski definition) is 5. The number of nitrogens with zero attached hydrogens (tertiary/aromatic N) is 2. The van der Waals surface area contributed by atoms with E-state index in [0.29, 0.717) is 16.4 Å². The molecule has 2 aromatic carbocycles. The summed E-state index contributed by atoms with van der Waals surface area (Å²) in [6, 6.07) is 15.7. The Bertz CT molecular complexity index is 1380. The molecule has 0 amide bonds. The van der Waals surface area contributed by atoms with Gasteiger partial charge in [0.05, 0.1) is 17.5 Å². The first-order valence-corrected chi connectivity index (χ1v) is 11.6. The van der Waals surface area contributed by atoms with Crippen molar-refractivity contribution in [2.45, 2.75) is 39.7 Å². The number of rotatable bonds is 6. The van der Waals surface area contributed by atoms with Crippen molar-refractivity contribution >= 4 is 27.5 Å². The lowest BCUT2D eigenvalue weighted by atomic mass is 9.87. The van der Waals surface area contributed by atoms with Crippen LogP contribution >= 0.6 is 11.3 Å². The summed E-state index contributed by atoms with van der Waals surface area (Å²) in [6.07, 6.45) is 0. The number of carboxylic acids is 1. The molecule has 1 N–H and O–H groups in total. The molecule has 2 aromatic heterocycles. The van der Waals surface area contributed by atoms with Crippen molar-refractivity contribution in [3.63, 3.8) is 0 Å². The maximum atomic E-state index is 13.4. The van der Waals surface area contributed by atoms with Gasteiger partial charge in [-0.05, 0) is 36.1 Å². The van der Waals surface area contributed by atoms with Crippen molar-refractivity contribution < 1.29 is 14.6 Å². The molecular formula is C26H26N2O4S. The highest BCUT2D eigenvalue weighted by Gasteiger charge is 2.20. The maximum Gasteiger partial charge on any atom is 0.337 e. The summed E-state index contributed by atoms with van der Waals surface area (Å²) < 4.78 is 7.43. The van der Waals surface area contributed by atoms with Crippen molar-refractivity contribution in [3.8, 4) is 17.1 Å². The maximum absolute atomic E-state index is 13.4. The molecule has 4 rings (SSSR count). The number of ether oxygens (including phenoxy) is 1. The summed E-state index contributed by atoms with van der Waals surface area (Å²) in [5.41, 5.74) is 2.71. The number of carboxylic acid groups (broad SMARTS) is 1. The fourth-order valence-corrected chi connectivity index (χ4v) is 4.60. The molecule has 0 fully saturated rings. The molecule has 4 aromatic rings. The van der Waals surface area contributed by atoms with Crippen molar-refractivity contribution in [3.05, 3.63) is 81.0 Å². The molecule has 0 radical (unpaired) electrons. The third kappa shape index (κ3) is 4.68. The van der Waals surface area contributed by atoms with Gasteiger partial charge >= 0.3 is 5.97 Å². The van der Waals surface area contributed by atoms with E-state index in [2.05, 4.69) is 25.8 Å². The Hall–Kier alpha value is -3.45. The first-order chi connectivity index (χ1) is 15.6. The lowest BCUT2D eigenvalue weighted by Gasteiger charge is -2.19. The van der Waals surface area contributed by atoms with E-state index in [-0.39, 0.29) is 35.1 Å². The Morgan fingerprint density at radius 2 is 1.88 bits per heavy atom. The molecule has 6 nitrogen and oxygen atoms in total. The van der Waals surface area contributed by atoms with Crippen LogP contribution in [-0.4, -0.2) is 27.2 Å². The van der Waals surface area contributed by atoms with Crippen LogP contribution in [0.5, 0.6) is 5.75 Å². The van der Waals surface area contributed by atoms with Gasteiger partial charge in [0.15, 0.2) is 0 Å². The molecule has 0 saturated carbocycles. The van der Waals surface area contributed by atoms with E-state index in [4.69, 9.17) is 4.74 Å². The topological polar surface area (TPSA) is 81.4 Å². The number of aromatic nitrogens is 2. The quantitative estimate of drug-likeness (QED) is 0.409. The number of hydrogen-bond donors (Lipinski definition) is 1. The zero-order valence-electron chi connectivity index (χ0n) is 19.1. The zero-order chi connectivity index (χ0) is 23.8. The van der Waals surface area contributed by atoms with Crippen LogP contribution in [0.25, 0.3) is 21.6 Å². The summed E-state index contributed by atoms with van der Waals surface area (Å²) in [7, 11) is 0. The second kappa shape index (κ2) is 8.83. The molecule has 0 unspecified atom stereocenters. The fraction of sp³-hybridized carbons (Fsp3) is 0.269. The third-order valence-electron chi connectivity index (χ3n) is 5.50. The molecular weight excluding hydrogens is 436 g/mol. The van der Waals surface area contributed by atoms with Gasteiger partial charge in [0.2, 0.25) is 0 Å². The number of aryl methyl sites for hydroxylation is 1. The molecule has 0 spiro atoms. The highest BCUT2D eigenvalue weighted by molar-refractivity contribution is 7.17. The van der Waals surface area contributed by atoms with Crippen LogP contribution in [0.2, 0.25) is 0 Å². The smallest absolute Gasteiger partial charge is 0.337 e. The standard InChI is InChI=1S/C26H26N2O4S/c1-16-6-5-7-17(14-16)22-27-23-21(20(15-33-23)25(30)31)24(29)28(22)12-13-32-19-10-8-18(9-11-19)26(2,3)4/h5-11,14-15H,12-13H2,1-4H3,(H,30,31). The van der Waals surface area contributed by atoms with Crippen molar-refractivity contribution in [2.75, 3.05) is 6.61 Å². The van der Waals surface area contributed by atoms with E-state index in [1.54, 1.807) is 0 Å². The minimum absolute atomic E-state index is 0.0178. The van der Waals surface area contributed by atoms with Gasteiger partial charge in [-0.2, -0.15) is 0 Å². The SMILES string of the molecule is Cc1cccc(-c2nc3scc(C(=O)O)c3c(=O)n2CCOc2ccc(C(C)(C)C)cc2)c1. The van der Waals surface area contributed by atoms with Crippen LogP contribution in [0.4, 0.5) is 0 Å². The summed E-state index contributed by atoms with van der Waals surface area (Å²) in [5.74, 6) is 0.0795. The van der Waals surface area contributed by atoms with Gasteiger partial charge in [0.25, 0.3) is 5.56 Å². The average Bonchev–Trinajstić information content (AvgIpc) is 3.19. The van der Waals surface area contributed by atoms with Crippen LogP contribution in [0.3, 0.4) is 0 Å². The molecule has 0 atom stereocenters. The van der Waals surface area contributed by atoms with E-state index >= 15 is 0 Å². The van der Waals surface area contributed by atoms with Crippen molar-refractivity contribution in [1.82, 2.24) is 9.55 Å². The molecule has 7 heteroatoms. The Kier molecular flexibility index (Phi) is 6.08. The highest BCUT2D eigenvalue weighted by atomic mass is 32.1. The normalized spacial score (nSPS) is 11.6. The lowest BCUT2D eigenvalue weighted by Crippen LogP contribution is -2.26. The Balaban J connectivity index is 1.69. The number of thiophene rings is 1. The number of fused-ring (bicyclic) bond motifs is 1. The van der Waals surface area contributed by atoms with Gasteiger partial charge in [-0.3, -0.25) is 9.36 Å². The average molecular weight is 463 g/mol. The Morgan fingerprint density at radius 3 is 2.52 bits per heavy atom. The van der Waals surface area contributed by atoms with E-state index in [1.165, 1.54) is 26.8 Å². The Morgan fingerprint density at radius 1 is 1.15 bits per heavy atom. The van der Waals surface area contributed by atoms with Crippen LogP contribution in [0, 0.1) is 6.92 Å². The minimum Gasteiger partial charge on any atom is -0.492 e. The second-order valence-corrected chi connectivity index (χ2v) is 9.88. The molecule has 0 aliphatic carbocycles. The molecule has 0 saturated heterocycles. The minimum atomic E-state index is -1.13. The third-order valence-corrected chi connectivity index (χ3v) is 6.38. The van der Waals surface area contributed by atoms with Gasteiger partial charge < -0.3 is 9.84 Å². The number of benzene rings is 2. The van der Waals surface area contributed by atoms with Crippen molar-refractivity contribution in [2.24, 2.45) is 0 Å². The molecule has 0 aliphatic rings. The van der Waals surface area contributed by atoms with Crippen LogP contribution in [-0.2, 0) is 12.0 Å². The van der Waals surface area contributed by atoms with Gasteiger partial charge in [0, 0.05) is 10.9 Å². The van der Waals surface area contributed by atoms with Gasteiger partial charge in [0.1, 0.15) is 23.0 Å². The summed E-state index contributed by atoms with van der Waals surface area (Å²) in [5, 5.41) is 11.1. The molecule has 0 aliphatic heterocycles. The van der Waals surface area contributed by atoms with Gasteiger partial charge in [-0.25, -0.2) is 9.78 Å². The predicted molar refractivity (Wildman–Crippen MR) is 132 cm³/mol. The molecule has 2 heterocycles. The summed E-state index contributed by atoms with van der Waals surface area (Å²) in [4.78, 5) is 30.1.